The first kappa shape index (κ1) is 13.8. The summed E-state index contributed by atoms with van der Waals surface area (Å²) in [6.07, 6.45) is 0. The van der Waals surface area contributed by atoms with E-state index in [2.05, 4.69) is 31.0 Å². The van der Waals surface area contributed by atoms with Crippen molar-refractivity contribution in [3.05, 3.63) is 52.3 Å². The van der Waals surface area contributed by atoms with Crippen molar-refractivity contribution in [3.63, 3.8) is 0 Å². The molecule has 0 radical (unpaired) electrons. The number of aromatic nitrogens is 4. The molecule has 0 amide bonds. The molecule has 3 aromatic rings. The second-order valence-electron chi connectivity index (χ2n) is 4.83. The minimum atomic E-state index is 0.492. The third-order valence-electron chi connectivity index (χ3n) is 3.02. The van der Waals surface area contributed by atoms with E-state index in [1.165, 1.54) is 0 Å². The molecule has 0 atom stereocenters. The average Bonchev–Trinajstić information content (AvgIpc) is 2.80. The molecule has 2 N–H and O–H groups in total. The van der Waals surface area contributed by atoms with E-state index in [-0.39, 0.29) is 0 Å². The molecule has 106 valence electrons. The van der Waals surface area contributed by atoms with Crippen molar-refractivity contribution in [3.8, 4) is 17.2 Å². The van der Waals surface area contributed by atoms with Crippen LogP contribution in [0.3, 0.4) is 0 Å². The molecule has 0 bridgehead atoms. The molecule has 0 fully saturated rings. The summed E-state index contributed by atoms with van der Waals surface area (Å²) >= 11 is 3.46. The summed E-state index contributed by atoms with van der Waals surface area (Å²) in [4.78, 5) is 8.78. The molecule has 0 aliphatic rings. The predicted octanol–water partition coefficient (Wildman–Crippen LogP) is 3.29. The molecule has 6 heteroatoms. The lowest BCUT2D eigenvalue weighted by Crippen LogP contribution is -2.08. The fourth-order valence-electron chi connectivity index (χ4n) is 2.15. The Bertz CT molecular complexity index is 789. The van der Waals surface area contributed by atoms with Crippen LogP contribution in [0.25, 0.3) is 17.2 Å². The highest BCUT2D eigenvalue weighted by atomic mass is 79.9. The van der Waals surface area contributed by atoms with Gasteiger partial charge in [0.15, 0.2) is 0 Å². The monoisotopic (exact) mass is 343 g/mol. The smallest absolute Gasteiger partial charge is 0.252 e. The van der Waals surface area contributed by atoms with Crippen LogP contribution in [-0.2, 0) is 0 Å². The topological polar surface area (TPSA) is 69.6 Å². The number of hydrogen-bond donors (Lipinski definition) is 1. The lowest BCUT2D eigenvalue weighted by Gasteiger charge is -2.04. The van der Waals surface area contributed by atoms with Crippen molar-refractivity contribution >= 4 is 21.7 Å². The van der Waals surface area contributed by atoms with Crippen LogP contribution in [0.5, 0.6) is 0 Å². The summed E-state index contributed by atoms with van der Waals surface area (Å²) in [6.45, 7) is 3.85. The highest BCUT2D eigenvalue weighted by Crippen LogP contribution is 2.24. The van der Waals surface area contributed by atoms with Gasteiger partial charge >= 0.3 is 0 Å². The Morgan fingerprint density at radius 1 is 1.05 bits per heavy atom. The molecular formula is C15H14BrN5. The maximum absolute atomic E-state index is 6.06. The summed E-state index contributed by atoms with van der Waals surface area (Å²) in [6, 6.07) is 11.6. The number of aryl methyl sites for hydroxylation is 2. The van der Waals surface area contributed by atoms with Gasteiger partial charge in [-0.05, 0) is 32.0 Å². The normalized spacial score (nSPS) is 10.8. The molecule has 21 heavy (non-hydrogen) atoms. The Morgan fingerprint density at radius 3 is 2.43 bits per heavy atom. The molecule has 1 aromatic carbocycles. The maximum Gasteiger partial charge on any atom is 0.252 e. The number of nitrogens with two attached hydrogens (primary N) is 1. The minimum absolute atomic E-state index is 0.492. The first-order valence-corrected chi connectivity index (χ1v) is 7.26. The summed E-state index contributed by atoms with van der Waals surface area (Å²) in [5, 5.41) is 4.52. The van der Waals surface area contributed by atoms with Crippen molar-refractivity contribution < 1.29 is 0 Å². The van der Waals surface area contributed by atoms with E-state index in [0.717, 1.165) is 27.1 Å². The fourth-order valence-corrected chi connectivity index (χ4v) is 2.55. The Morgan fingerprint density at radius 2 is 1.76 bits per heavy atom. The highest BCUT2D eigenvalue weighted by molar-refractivity contribution is 9.10. The first-order valence-electron chi connectivity index (χ1n) is 6.47. The van der Waals surface area contributed by atoms with Crippen molar-refractivity contribution in [2.75, 3.05) is 5.73 Å². The quantitative estimate of drug-likeness (QED) is 0.774. The van der Waals surface area contributed by atoms with Crippen LogP contribution in [0.4, 0.5) is 5.82 Å². The molecule has 0 aliphatic heterocycles. The van der Waals surface area contributed by atoms with Crippen LogP contribution in [0, 0.1) is 13.8 Å². The average molecular weight is 344 g/mol. The lowest BCUT2D eigenvalue weighted by atomic mass is 10.2. The highest BCUT2D eigenvalue weighted by Gasteiger charge is 2.11. The second-order valence-corrected chi connectivity index (χ2v) is 5.74. The van der Waals surface area contributed by atoms with Gasteiger partial charge in [-0.1, -0.05) is 28.1 Å². The van der Waals surface area contributed by atoms with Gasteiger partial charge in [-0.25, -0.2) is 9.97 Å². The number of nitrogen functional groups attached to an aromatic ring is 1. The van der Waals surface area contributed by atoms with Crippen LogP contribution in [0.1, 0.15) is 11.4 Å². The molecule has 0 saturated carbocycles. The number of benzene rings is 1. The number of halogens is 1. The van der Waals surface area contributed by atoms with Gasteiger partial charge in [0.05, 0.1) is 5.69 Å². The lowest BCUT2D eigenvalue weighted by molar-refractivity contribution is 0.805. The van der Waals surface area contributed by atoms with Crippen LogP contribution >= 0.6 is 15.9 Å². The number of anilines is 1. The summed E-state index contributed by atoms with van der Waals surface area (Å²) in [5.74, 6) is 1.00. The van der Waals surface area contributed by atoms with Gasteiger partial charge in [0.25, 0.3) is 5.95 Å². The van der Waals surface area contributed by atoms with Crippen LogP contribution in [0.2, 0.25) is 0 Å². The van der Waals surface area contributed by atoms with Gasteiger partial charge in [0.1, 0.15) is 5.82 Å². The molecule has 2 heterocycles. The zero-order chi connectivity index (χ0) is 15.0. The molecule has 0 spiro atoms. The predicted molar refractivity (Wildman–Crippen MR) is 86.2 cm³/mol. The Labute approximate surface area is 131 Å². The Kier molecular flexibility index (Phi) is 3.47. The SMILES string of the molecule is Cc1cc(C)nc(-n2nc(-c3cccc(Br)c3)cc2N)n1. The molecular weight excluding hydrogens is 330 g/mol. The van der Waals surface area contributed by atoms with Crippen molar-refractivity contribution in [2.24, 2.45) is 0 Å². The molecule has 0 unspecified atom stereocenters. The van der Waals surface area contributed by atoms with Crippen LogP contribution in [-0.4, -0.2) is 19.7 Å². The number of rotatable bonds is 2. The summed E-state index contributed by atoms with van der Waals surface area (Å²) in [7, 11) is 0. The molecule has 0 saturated heterocycles. The van der Waals surface area contributed by atoms with Gasteiger partial charge in [-0.15, -0.1) is 0 Å². The summed E-state index contributed by atoms with van der Waals surface area (Å²) < 4.78 is 2.56. The standard InChI is InChI=1S/C15H14BrN5/c1-9-6-10(2)19-15(18-9)21-14(17)8-13(20-21)11-4-3-5-12(16)7-11/h3-8H,17H2,1-2H3. The second kappa shape index (κ2) is 5.29. The van der Waals surface area contributed by atoms with E-state index in [4.69, 9.17) is 5.73 Å². The first-order chi connectivity index (χ1) is 10.0. The number of hydrogen-bond acceptors (Lipinski definition) is 4. The summed E-state index contributed by atoms with van der Waals surface area (Å²) in [5.41, 5.74) is 9.60. The fraction of sp³-hybridized carbons (Fsp3) is 0.133. The molecule has 5 nitrogen and oxygen atoms in total. The van der Waals surface area contributed by atoms with Crippen molar-refractivity contribution in [2.45, 2.75) is 13.8 Å². The van der Waals surface area contributed by atoms with Crippen molar-refractivity contribution in [1.82, 2.24) is 19.7 Å². The Hall–Kier alpha value is -2.21. The number of nitrogens with zero attached hydrogens (tertiary/aromatic N) is 4. The van der Waals surface area contributed by atoms with Crippen LogP contribution in [0.15, 0.2) is 40.9 Å². The zero-order valence-corrected chi connectivity index (χ0v) is 13.3. The van der Waals surface area contributed by atoms with Gasteiger partial charge in [0.2, 0.25) is 0 Å². The van der Waals surface area contributed by atoms with Gasteiger partial charge in [0, 0.05) is 27.5 Å². The molecule has 2 aromatic heterocycles. The van der Waals surface area contributed by atoms with Gasteiger partial charge in [-0.3, -0.25) is 0 Å². The van der Waals surface area contributed by atoms with Crippen molar-refractivity contribution in [1.29, 1.82) is 0 Å². The van der Waals surface area contributed by atoms with E-state index in [9.17, 15) is 0 Å². The zero-order valence-electron chi connectivity index (χ0n) is 11.7. The van der Waals surface area contributed by atoms with E-state index < -0.39 is 0 Å². The third-order valence-corrected chi connectivity index (χ3v) is 3.51. The van der Waals surface area contributed by atoms with E-state index in [1.807, 2.05) is 50.2 Å². The largest absolute Gasteiger partial charge is 0.383 e. The third kappa shape index (κ3) is 2.80. The van der Waals surface area contributed by atoms with Gasteiger partial charge in [-0.2, -0.15) is 9.78 Å². The minimum Gasteiger partial charge on any atom is -0.383 e. The maximum atomic E-state index is 6.06. The van der Waals surface area contributed by atoms with E-state index >= 15 is 0 Å². The van der Waals surface area contributed by atoms with E-state index in [1.54, 1.807) is 4.68 Å². The molecule has 3 rings (SSSR count). The van der Waals surface area contributed by atoms with E-state index in [0.29, 0.717) is 11.8 Å². The Balaban J connectivity index is 2.09. The van der Waals surface area contributed by atoms with Crippen LogP contribution < -0.4 is 5.73 Å². The molecule has 0 aliphatic carbocycles. The van der Waals surface area contributed by atoms with Gasteiger partial charge < -0.3 is 5.73 Å².